The summed E-state index contributed by atoms with van der Waals surface area (Å²) in [5.41, 5.74) is 5.29. The van der Waals surface area contributed by atoms with Crippen LogP contribution < -0.4 is 4.40 Å². The molecule has 0 aliphatic carbocycles. The van der Waals surface area contributed by atoms with E-state index in [4.69, 9.17) is 4.42 Å². The molecule has 5 nitrogen and oxygen atoms in total. The van der Waals surface area contributed by atoms with Crippen molar-refractivity contribution in [3.63, 3.8) is 0 Å². The topological polar surface area (TPSA) is 48.0 Å². The predicted molar refractivity (Wildman–Crippen MR) is 67.5 cm³/mol. The monoisotopic (exact) mass is 249 g/mol. The smallest absolute Gasteiger partial charge is 0.368 e. The number of rotatable bonds is 0. The summed E-state index contributed by atoms with van der Waals surface area (Å²) in [6, 6.07) is 5.99. The van der Waals surface area contributed by atoms with E-state index in [1.165, 1.54) is 16.8 Å². The van der Waals surface area contributed by atoms with Crippen molar-refractivity contribution in [2.24, 2.45) is 0 Å². The van der Waals surface area contributed by atoms with Gasteiger partial charge in [-0.3, -0.25) is 4.98 Å². The highest BCUT2D eigenvalue weighted by atomic mass is 16.4. The minimum Gasteiger partial charge on any atom is -0.368 e. The third kappa shape index (κ3) is 1.03. The molecule has 0 saturated heterocycles. The normalized spacial score (nSPS) is 13.1. The van der Waals surface area contributed by atoms with Gasteiger partial charge in [-0.25, -0.2) is 4.98 Å². The molecule has 5 heteroatoms. The molecule has 0 N–H and O–H groups in total. The third-order valence-corrected chi connectivity index (χ3v) is 3.69. The Morgan fingerprint density at radius 2 is 2.26 bits per heavy atom. The Morgan fingerprint density at radius 3 is 3.26 bits per heavy atom. The maximum atomic E-state index is 5.86. The Morgan fingerprint density at radius 1 is 1.26 bits per heavy atom. The molecule has 19 heavy (non-hydrogen) atoms. The average molecular weight is 249 g/mol. The van der Waals surface area contributed by atoms with Crippen molar-refractivity contribution in [3.8, 4) is 11.3 Å². The van der Waals surface area contributed by atoms with Gasteiger partial charge in [-0.15, -0.1) is 0 Å². The Labute approximate surface area is 107 Å². The van der Waals surface area contributed by atoms with Gasteiger partial charge in [0.05, 0.1) is 0 Å². The lowest BCUT2D eigenvalue weighted by Crippen LogP contribution is -2.16. The number of hydrogen-bond acceptors (Lipinski definition) is 3. The van der Waals surface area contributed by atoms with Crippen LogP contribution in [-0.4, -0.2) is 14.5 Å². The lowest BCUT2D eigenvalue weighted by molar-refractivity contribution is -0.484. The van der Waals surface area contributed by atoms with Gasteiger partial charge in [-0.2, -0.15) is 8.97 Å². The minimum absolute atomic E-state index is 0.668. The fourth-order valence-electron chi connectivity index (χ4n) is 2.83. The number of fused-ring (bicyclic) bond motifs is 7. The molecular weight excluding hydrogens is 240 g/mol. The lowest BCUT2D eigenvalue weighted by Gasteiger charge is -1.90. The highest BCUT2D eigenvalue weighted by Crippen LogP contribution is 2.32. The molecule has 0 fully saturated rings. The van der Waals surface area contributed by atoms with E-state index in [9.17, 15) is 0 Å². The molecular formula is C14H9N4O+. The number of hydrogen-bond donors (Lipinski definition) is 0. The van der Waals surface area contributed by atoms with Crippen molar-refractivity contribution < 1.29 is 8.82 Å². The van der Waals surface area contributed by atoms with Gasteiger partial charge in [-0.1, -0.05) is 0 Å². The van der Waals surface area contributed by atoms with Gasteiger partial charge in [0.25, 0.3) is 5.71 Å². The highest BCUT2D eigenvalue weighted by Gasteiger charge is 2.32. The van der Waals surface area contributed by atoms with E-state index < -0.39 is 0 Å². The number of oxazole rings is 1. The first-order valence-electron chi connectivity index (χ1n) is 6.13. The largest absolute Gasteiger partial charge is 0.469 e. The van der Waals surface area contributed by atoms with Crippen LogP contribution in [0.15, 0.2) is 47.4 Å². The van der Waals surface area contributed by atoms with Crippen LogP contribution in [0.1, 0.15) is 5.56 Å². The molecule has 0 saturated carbocycles. The van der Waals surface area contributed by atoms with Crippen LogP contribution in [0.4, 0.5) is 0 Å². The zero-order valence-corrected chi connectivity index (χ0v) is 9.95. The first-order chi connectivity index (χ1) is 9.42. The number of imidazole rings is 1. The zero-order chi connectivity index (χ0) is 12.4. The summed E-state index contributed by atoms with van der Waals surface area (Å²) >= 11 is 0. The SMILES string of the molecule is c1cnc2oc3n4c(c[n+]3c2c1)-c1ccncc1C4. The Hall–Kier alpha value is -2.69. The second kappa shape index (κ2) is 3.00. The number of nitrogens with zero attached hydrogens (tertiary/aromatic N) is 4. The molecule has 90 valence electrons. The number of pyridine rings is 2. The van der Waals surface area contributed by atoms with Crippen LogP contribution in [-0.2, 0) is 6.54 Å². The maximum absolute atomic E-state index is 5.86. The van der Waals surface area contributed by atoms with Crippen molar-refractivity contribution >= 4 is 17.1 Å². The van der Waals surface area contributed by atoms with Crippen LogP contribution in [0, 0.1) is 0 Å². The first kappa shape index (κ1) is 9.27. The minimum atomic E-state index is 0.668. The van der Waals surface area contributed by atoms with Crippen molar-refractivity contribution in [1.82, 2.24) is 14.5 Å². The summed E-state index contributed by atoms with van der Waals surface area (Å²) in [6.45, 7) is 0.800. The van der Waals surface area contributed by atoms with Crippen molar-refractivity contribution in [3.05, 3.63) is 48.5 Å². The summed E-state index contributed by atoms with van der Waals surface area (Å²) in [6.07, 6.45) is 7.59. The molecule has 1 aliphatic heterocycles. The Balaban J connectivity index is 1.93. The second-order valence-corrected chi connectivity index (χ2v) is 4.72. The first-order valence-corrected chi connectivity index (χ1v) is 6.13. The van der Waals surface area contributed by atoms with E-state index in [-0.39, 0.29) is 0 Å². The lowest BCUT2D eigenvalue weighted by atomic mass is 10.1. The van der Waals surface area contributed by atoms with Crippen molar-refractivity contribution in [2.45, 2.75) is 6.54 Å². The summed E-state index contributed by atoms with van der Waals surface area (Å²) < 4.78 is 10.1. The summed E-state index contributed by atoms with van der Waals surface area (Å²) in [5, 5.41) is 0. The van der Waals surface area contributed by atoms with Gasteiger partial charge in [0, 0.05) is 29.7 Å². The fourth-order valence-corrected chi connectivity index (χ4v) is 2.83. The van der Waals surface area contributed by atoms with Crippen LogP contribution in [0.5, 0.6) is 0 Å². The number of aromatic nitrogens is 4. The van der Waals surface area contributed by atoms with E-state index in [1.807, 2.05) is 30.6 Å². The molecule has 5 rings (SSSR count). The molecule has 0 aromatic carbocycles. The maximum Gasteiger partial charge on any atom is 0.469 e. The predicted octanol–water partition coefficient (Wildman–Crippen LogP) is 1.79. The molecule has 0 radical (unpaired) electrons. The molecule has 0 amide bonds. The van der Waals surface area contributed by atoms with Crippen LogP contribution >= 0.6 is 0 Å². The van der Waals surface area contributed by atoms with Crippen LogP contribution in [0.2, 0.25) is 0 Å². The van der Waals surface area contributed by atoms with E-state index in [2.05, 4.69) is 25.1 Å². The van der Waals surface area contributed by atoms with E-state index in [0.717, 1.165) is 17.9 Å². The molecule has 4 aromatic heterocycles. The van der Waals surface area contributed by atoms with E-state index >= 15 is 0 Å². The van der Waals surface area contributed by atoms with Gasteiger partial charge >= 0.3 is 5.84 Å². The molecule has 0 atom stereocenters. The summed E-state index contributed by atoms with van der Waals surface area (Å²) in [4.78, 5) is 8.43. The van der Waals surface area contributed by atoms with Crippen molar-refractivity contribution in [1.29, 1.82) is 0 Å². The quantitative estimate of drug-likeness (QED) is 0.393. The van der Waals surface area contributed by atoms with Crippen molar-refractivity contribution in [2.75, 3.05) is 0 Å². The summed E-state index contributed by atoms with van der Waals surface area (Å²) in [7, 11) is 0. The summed E-state index contributed by atoms with van der Waals surface area (Å²) in [5.74, 6) is 0.819. The van der Waals surface area contributed by atoms with Gasteiger partial charge in [0.1, 0.15) is 12.7 Å². The fraction of sp³-hybridized carbons (Fsp3) is 0.0714. The molecule has 4 aromatic rings. The third-order valence-electron chi connectivity index (χ3n) is 3.69. The van der Waals surface area contributed by atoms with E-state index in [0.29, 0.717) is 5.71 Å². The Kier molecular flexibility index (Phi) is 1.46. The van der Waals surface area contributed by atoms with E-state index in [1.54, 1.807) is 6.20 Å². The molecule has 1 aliphatic rings. The molecule has 5 heterocycles. The Bertz CT molecular complexity index is 951. The second-order valence-electron chi connectivity index (χ2n) is 4.72. The molecule has 0 unspecified atom stereocenters. The van der Waals surface area contributed by atoms with Gasteiger partial charge in [-0.05, 0) is 18.2 Å². The van der Waals surface area contributed by atoms with Gasteiger partial charge < -0.3 is 4.42 Å². The molecule has 0 spiro atoms. The highest BCUT2D eigenvalue weighted by molar-refractivity contribution is 5.71. The zero-order valence-electron chi connectivity index (χ0n) is 9.95. The van der Waals surface area contributed by atoms with Gasteiger partial charge in [0.15, 0.2) is 11.2 Å². The van der Waals surface area contributed by atoms with Crippen LogP contribution in [0.25, 0.3) is 28.3 Å². The molecule has 0 bridgehead atoms. The standard InChI is InChI=1S/C14H9N4O/c1-2-11-13(16-4-1)19-14-17-7-9-6-15-5-3-10(9)12(17)8-18(11)14/h1-6,8H,7H2/q+1. The average Bonchev–Trinajstić information content (AvgIpc) is 3.07. The van der Waals surface area contributed by atoms with Crippen LogP contribution in [0.3, 0.4) is 0 Å². The van der Waals surface area contributed by atoms with Gasteiger partial charge in [0.2, 0.25) is 0 Å².